The summed E-state index contributed by atoms with van der Waals surface area (Å²) in [5.41, 5.74) is 4.84. The Morgan fingerprint density at radius 3 is 2.37 bits per heavy atom. The van der Waals surface area contributed by atoms with Gasteiger partial charge in [0.15, 0.2) is 0 Å². The van der Waals surface area contributed by atoms with Crippen molar-refractivity contribution in [2.24, 2.45) is 0 Å². The maximum atomic E-state index is 8.81. The van der Waals surface area contributed by atoms with Crippen molar-refractivity contribution >= 4 is 31.0 Å². The molecule has 3 rings (SSSR count). The summed E-state index contributed by atoms with van der Waals surface area (Å²) in [7, 11) is 1.89. The molecule has 144 valence electrons. The Balaban J connectivity index is 0.000000410. The monoisotopic (exact) mass is 367 g/mol. The van der Waals surface area contributed by atoms with Gasteiger partial charge < -0.3 is 14.9 Å². The first-order valence-electron chi connectivity index (χ1n) is 8.76. The summed E-state index contributed by atoms with van der Waals surface area (Å²) in [6.45, 7) is 7.58. The zero-order valence-electron chi connectivity index (χ0n) is 16.6. The van der Waals surface area contributed by atoms with Crippen LogP contribution in [0.2, 0.25) is 0 Å². The molecule has 0 amide bonds. The summed E-state index contributed by atoms with van der Waals surface area (Å²) in [5.74, 6) is 0.991. The number of allylic oxidation sites excluding steroid dienone is 2. The highest BCUT2D eigenvalue weighted by Gasteiger charge is 1.98. The molecule has 1 aliphatic carbocycles. The van der Waals surface area contributed by atoms with Crippen molar-refractivity contribution in [3.8, 4) is 0 Å². The zero-order chi connectivity index (χ0) is 20.5. The molecule has 1 N–H and O–H groups in total. The number of aryl methyl sites for hydroxylation is 2. The van der Waals surface area contributed by atoms with Crippen molar-refractivity contribution in [2.45, 2.75) is 33.6 Å². The van der Waals surface area contributed by atoms with E-state index in [1.54, 1.807) is 6.20 Å². The van der Waals surface area contributed by atoms with Gasteiger partial charge in [0.1, 0.15) is 18.9 Å². The van der Waals surface area contributed by atoms with E-state index >= 15 is 0 Å². The van der Waals surface area contributed by atoms with Gasteiger partial charge in [-0.2, -0.15) is 0 Å². The highest BCUT2D eigenvalue weighted by Crippen LogP contribution is 2.16. The SMILES string of the molecule is C=O.CC=O.CCc1cccnc1NC.Cc1cc2c(cn1)C=CCC=C2. The molecule has 0 aromatic carbocycles. The quantitative estimate of drug-likeness (QED) is 0.790. The molecule has 1 aliphatic rings. The molecule has 2 aromatic rings. The number of fused-ring (bicyclic) bond motifs is 1. The first kappa shape index (κ1) is 23.9. The second kappa shape index (κ2) is 15.2. The predicted octanol–water partition coefficient (Wildman–Crippen LogP) is 4.53. The number of hydrogen-bond acceptors (Lipinski definition) is 5. The summed E-state index contributed by atoms with van der Waals surface area (Å²) in [4.78, 5) is 25.2. The molecule has 0 atom stereocenters. The molecule has 0 saturated heterocycles. The average molecular weight is 367 g/mol. The average Bonchev–Trinajstić information content (AvgIpc) is 2.95. The van der Waals surface area contributed by atoms with E-state index in [1.807, 2.05) is 33.0 Å². The van der Waals surface area contributed by atoms with Crippen LogP contribution in [0.15, 0.2) is 42.7 Å². The molecule has 0 saturated carbocycles. The topological polar surface area (TPSA) is 72.0 Å². The molecule has 0 aliphatic heterocycles. The van der Waals surface area contributed by atoms with Crippen LogP contribution in [-0.4, -0.2) is 30.1 Å². The van der Waals surface area contributed by atoms with Crippen molar-refractivity contribution in [3.63, 3.8) is 0 Å². The van der Waals surface area contributed by atoms with Gasteiger partial charge in [-0.25, -0.2) is 4.98 Å². The molecule has 0 fully saturated rings. The molecule has 0 unspecified atom stereocenters. The third-order valence-corrected chi connectivity index (χ3v) is 3.48. The lowest BCUT2D eigenvalue weighted by Crippen LogP contribution is -1.96. The molecule has 0 spiro atoms. The summed E-state index contributed by atoms with van der Waals surface area (Å²) in [6, 6.07) is 6.15. The van der Waals surface area contributed by atoms with Crippen LogP contribution >= 0.6 is 0 Å². The van der Waals surface area contributed by atoms with Crippen LogP contribution in [0, 0.1) is 6.92 Å². The van der Waals surface area contributed by atoms with Crippen LogP contribution in [0.4, 0.5) is 5.82 Å². The number of hydrogen-bond donors (Lipinski definition) is 1. The van der Waals surface area contributed by atoms with Gasteiger partial charge in [0.2, 0.25) is 0 Å². The Bertz CT molecular complexity index is 717. The number of aromatic nitrogens is 2. The number of carbonyl (C=O) groups is 2. The summed E-state index contributed by atoms with van der Waals surface area (Å²) >= 11 is 0. The first-order chi connectivity index (χ1) is 13.2. The van der Waals surface area contributed by atoms with Crippen LogP contribution < -0.4 is 5.32 Å². The third kappa shape index (κ3) is 9.26. The Hall–Kier alpha value is -3.08. The Kier molecular flexibility index (Phi) is 13.5. The minimum atomic E-state index is 0.750. The minimum Gasteiger partial charge on any atom is -0.373 e. The van der Waals surface area contributed by atoms with Crippen LogP contribution in [0.5, 0.6) is 0 Å². The van der Waals surface area contributed by atoms with Crippen molar-refractivity contribution in [3.05, 3.63) is 65.1 Å². The Morgan fingerprint density at radius 2 is 1.81 bits per heavy atom. The number of rotatable bonds is 2. The lowest BCUT2D eigenvalue weighted by molar-refractivity contribution is -0.106. The number of nitrogens with zero attached hydrogens (tertiary/aromatic N) is 2. The number of pyridine rings is 2. The van der Waals surface area contributed by atoms with Gasteiger partial charge >= 0.3 is 0 Å². The van der Waals surface area contributed by atoms with E-state index in [0.29, 0.717) is 0 Å². The van der Waals surface area contributed by atoms with Crippen LogP contribution in [0.1, 0.15) is 42.7 Å². The summed E-state index contributed by atoms with van der Waals surface area (Å²) < 4.78 is 0. The van der Waals surface area contributed by atoms with Crippen molar-refractivity contribution in [1.29, 1.82) is 0 Å². The van der Waals surface area contributed by atoms with Gasteiger partial charge in [-0.3, -0.25) is 4.98 Å². The normalized spacial score (nSPS) is 10.4. The van der Waals surface area contributed by atoms with Gasteiger partial charge in [0, 0.05) is 25.1 Å². The van der Waals surface area contributed by atoms with E-state index in [9.17, 15) is 0 Å². The fraction of sp³-hybridized carbons (Fsp3) is 0.273. The second-order valence-corrected chi connectivity index (χ2v) is 5.35. The van der Waals surface area contributed by atoms with E-state index < -0.39 is 0 Å². The van der Waals surface area contributed by atoms with E-state index in [2.05, 4.69) is 58.6 Å². The van der Waals surface area contributed by atoms with E-state index in [1.165, 1.54) is 23.6 Å². The van der Waals surface area contributed by atoms with Crippen molar-refractivity contribution in [1.82, 2.24) is 9.97 Å². The van der Waals surface area contributed by atoms with Crippen LogP contribution in [-0.2, 0) is 16.0 Å². The highest BCUT2D eigenvalue weighted by atomic mass is 16.1. The van der Waals surface area contributed by atoms with Crippen molar-refractivity contribution < 1.29 is 9.59 Å². The predicted molar refractivity (Wildman–Crippen MR) is 114 cm³/mol. The molecule has 27 heavy (non-hydrogen) atoms. The molecular formula is C22H29N3O2. The molecule has 0 radical (unpaired) electrons. The lowest BCUT2D eigenvalue weighted by Gasteiger charge is -2.03. The number of anilines is 1. The van der Waals surface area contributed by atoms with Gasteiger partial charge in [-0.15, -0.1) is 0 Å². The van der Waals surface area contributed by atoms with Crippen LogP contribution in [0.3, 0.4) is 0 Å². The summed E-state index contributed by atoms with van der Waals surface area (Å²) in [5, 5.41) is 3.04. The van der Waals surface area contributed by atoms with E-state index in [0.717, 1.165) is 30.6 Å². The van der Waals surface area contributed by atoms with Gasteiger partial charge in [0.05, 0.1) is 0 Å². The molecule has 5 heteroatoms. The van der Waals surface area contributed by atoms with Gasteiger partial charge in [0.25, 0.3) is 0 Å². The number of aldehydes is 1. The van der Waals surface area contributed by atoms with E-state index in [-0.39, 0.29) is 0 Å². The number of carbonyl (C=O) groups excluding carboxylic acids is 2. The third-order valence-electron chi connectivity index (χ3n) is 3.48. The maximum absolute atomic E-state index is 8.81. The number of nitrogens with one attached hydrogen (secondary N) is 1. The van der Waals surface area contributed by atoms with Gasteiger partial charge in [-0.05, 0) is 55.5 Å². The molecular weight excluding hydrogens is 338 g/mol. The standard InChI is InChI=1S/C11H11N.C8H12N2.C2H4O.CH2O/c1-9-7-10-5-3-2-4-6-11(10)8-12-9;1-3-7-5-4-6-10-8(7)9-2;1-2-3;1-2/h3-8H,2H2,1H3;4-6H,3H2,1-2H3,(H,9,10);2H,1H3;1H2. The summed E-state index contributed by atoms with van der Waals surface area (Å²) in [6.07, 6.45) is 15.1. The van der Waals surface area contributed by atoms with Crippen LogP contribution in [0.25, 0.3) is 12.2 Å². The molecule has 5 nitrogen and oxygen atoms in total. The van der Waals surface area contributed by atoms with Crippen molar-refractivity contribution in [2.75, 3.05) is 12.4 Å². The zero-order valence-corrected chi connectivity index (χ0v) is 16.6. The fourth-order valence-electron chi connectivity index (χ4n) is 2.29. The van der Waals surface area contributed by atoms with Gasteiger partial charge in [-0.1, -0.05) is 37.3 Å². The Morgan fingerprint density at radius 1 is 1.19 bits per heavy atom. The molecule has 0 bridgehead atoms. The molecule has 2 heterocycles. The second-order valence-electron chi connectivity index (χ2n) is 5.35. The highest BCUT2D eigenvalue weighted by molar-refractivity contribution is 5.66. The fourth-order valence-corrected chi connectivity index (χ4v) is 2.29. The largest absolute Gasteiger partial charge is 0.373 e. The molecule has 2 aromatic heterocycles. The maximum Gasteiger partial charge on any atom is 0.128 e. The smallest absolute Gasteiger partial charge is 0.128 e. The lowest BCUT2D eigenvalue weighted by atomic mass is 10.1. The minimum absolute atomic E-state index is 0.750. The van der Waals surface area contributed by atoms with E-state index in [4.69, 9.17) is 9.59 Å². The Labute approximate surface area is 162 Å². The first-order valence-corrected chi connectivity index (χ1v) is 8.76.